The molecule has 0 aliphatic heterocycles. The molecule has 0 aliphatic rings. The van der Waals surface area contributed by atoms with Crippen molar-refractivity contribution in [1.82, 2.24) is 0 Å². The van der Waals surface area contributed by atoms with Crippen molar-refractivity contribution in [2.24, 2.45) is 0 Å². The maximum Gasteiger partial charge on any atom is 0.134 e. The quantitative estimate of drug-likeness (QED) is 0.381. The van der Waals surface area contributed by atoms with E-state index < -0.39 is 0 Å². The van der Waals surface area contributed by atoms with Gasteiger partial charge in [-0.3, -0.25) is 0 Å². The first kappa shape index (κ1) is 15.3. The van der Waals surface area contributed by atoms with Crippen LogP contribution in [0.4, 0.5) is 0 Å². The predicted octanol–water partition coefficient (Wildman–Crippen LogP) is 7.02. The molecular formula is C22H24O2. The van der Waals surface area contributed by atoms with Crippen LogP contribution in [-0.2, 0) is 12.8 Å². The highest BCUT2D eigenvalue weighted by Gasteiger charge is 2.09. The van der Waals surface area contributed by atoms with Gasteiger partial charge in [0.25, 0.3) is 0 Å². The Morgan fingerprint density at radius 2 is 1.04 bits per heavy atom. The normalized spacial score (nSPS) is 11.9. The van der Waals surface area contributed by atoms with E-state index in [0.717, 1.165) is 35.5 Å². The van der Waals surface area contributed by atoms with Crippen LogP contribution < -0.4 is 0 Å². The summed E-state index contributed by atoms with van der Waals surface area (Å²) in [6, 6.07) is 13.2. The molecule has 0 unspecified atom stereocenters. The lowest BCUT2D eigenvalue weighted by molar-refractivity contribution is 0.536. The third-order valence-electron chi connectivity index (χ3n) is 4.77. The molecular weight excluding hydrogens is 296 g/mol. The highest BCUT2D eigenvalue weighted by Crippen LogP contribution is 2.31. The van der Waals surface area contributed by atoms with Gasteiger partial charge in [-0.1, -0.05) is 26.7 Å². The highest BCUT2D eigenvalue weighted by atomic mass is 16.3. The summed E-state index contributed by atoms with van der Waals surface area (Å²) >= 11 is 0. The molecule has 0 saturated carbocycles. The highest BCUT2D eigenvalue weighted by molar-refractivity contribution is 6.02. The van der Waals surface area contributed by atoms with E-state index >= 15 is 0 Å². The molecule has 2 heteroatoms. The number of rotatable bonds is 6. The Kier molecular flexibility index (Phi) is 4.05. The van der Waals surface area contributed by atoms with Crippen LogP contribution in [0.3, 0.4) is 0 Å². The third kappa shape index (κ3) is 2.82. The topological polar surface area (TPSA) is 26.3 Å². The minimum atomic E-state index is 0.978. The largest absolute Gasteiger partial charge is 0.461 e. The third-order valence-corrected chi connectivity index (χ3v) is 4.77. The van der Waals surface area contributed by atoms with Crippen molar-refractivity contribution in [3.63, 3.8) is 0 Å². The second-order valence-corrected chi connectivity index (χ2v) is 6.76. The Morgan fingerprint density at radius 3 is 1.50 bits per heavy atom. The lowest BCUT2D eigenvalue weighted by Crippen LogP contribution is -1.78. The van der Waals surface area contributed by atoms with Crippen LogP contribution in [0.25, 0.3) is 32.7 Å². The van der Waals surface area contributed by atoms with Gasteiger partial charge in [0, 0.05) is 23.6 Å². The molecule has 2 aromatic heterocycles. The molecule has 2 aromatic carbocycles. The van der Waals surface area contributed by atoms with Crippen LogP contribution in [0.15, 0.2) is 45.2 Å². The van der Waals surface area contributed by atoms with Crippen molar-refractivity contribution in [1.29, 1.82) is 0 Å². The molecule has 0 N–H and O–H groups in total. The first-order valence-corrected chi connectivity index (χ1v) is 9.15. The summed E-state index contributed by atoms with van der Waals surface area (Å²) in [6.45, 7) is 4.42. The van der Waals surface area contributed by atoms with Crippen LogP contribution in [0, 0.1) is 0 Å². The van der Waals surface area contributed by atoms with Crippen LogP contribution >= 0.6 is 0 Å². The van der Waals surface area contributed by atoms with Crippen LogP contribution in [0.5, 0.6) is 0 Å². The fraction of sp³-hybridized carbons (Fsp3) is 0.364. The number of hydrogen-bond donors (Lipinski definition) is 0. The lowest BCUT2D eigenvalue weighted by atomic mass is 10.1. The van der Waals surface area contributed by atoms with Gasteiger partial charge in [-0.25, -0.2) is 0 Å². The van der Waals surface area contributed by atoms with E-state index in [0.29, 0.717) is 0 Å². The van der Waals surface area contributed by atoms with E-state index in [4.69, 9.17) is 8.83 Å². The Labute approximate surface area is 142 Å². The summed E-state index contributed by atoms with van der Waals surface area (Å²) in [4.78, 5) is 0. The summed E-state index contributed by atoms with van der Waals surface area (Å²) in [5.74, 6) is 2.18. The van der Waals surface area contributed by atoms with Gasteiger partial charge >= 0.3 is 0 Å². The zero-order chi connectivity index (χ0) is 16.5. The summed E-state index contributed by atoms with van der Waals surface area (Å²) in [7, 11) is 0. The Balaban J connectivity index is 1.77. The molecule has 0 atom stereocenters. The predicted molar refractivity (Wildman–Crippen MR) is 101 cm³/mol. The molecule has 4 rings (SSSR count). The molecule has 4 aromatic rings. The van der Waals surface area contributed by atoms with Crippen LogP contribution in [0.2, 0.25) is 0 Å². The Bertz CT molecular complexity index is 840. The van der Waals surface area contributed by atoms with Gasteiger partial charge < -0.3 is 8.83 Å². The molecule has 2 heterocycles. The van der Waals surface area contributed by atoms with Gasteiger partial charge in [-0.2, -0.15) is 0 Å². The molecule has 2 nitrogen and oxygen atoms in total. The minimum absolute atomic E-state index is 0.978. The summed E-state index contributed by atoms with van der Waals surface area (Å²) in [5, 5.41) is 4.83. The van der Waals surface area contributed by atoms with Crippen molar-refractivity contribution in [2.45, 2.75) is 52.4 Å². The van der Waals surface area contributed by atoms with Gasteiger partial charge in [-0.15, -0.1) is 0 Å². The van der Waals surface area contributed by atoms with Gasteiger partial charge in [0.05, 0.1) is 0 Å². The van der Waals surface area contributed by atoms with E-state index in [-0.39, 0.29) is 0 Å². The van der Waals surface area contributed by atoms with E-state index in [1.165, 1.54) is 47.2 Å². The number of furan rings is 2. The molecule has 0 radical (unpaired) electrons. The fourth-order valence-corrected chi connectivity index (χ4v) is 3.38. The number of unbranched alkanes of at least 4 members (excludes halogenated alkanes) is 2. The maximum atomic E-state index is 6.02. The number of benzene rings is 2. The SMILES string of the molecule is CCCCc1cc2cc3cc4cc(CCCC)oc4cc3cc2o1. The van der Waals surface area contributed by atoms with Crippen molar-refractivity contribution in [3.05, 3.63) is 47.9 Å². The zero-order valence-electron chi connectivity index (χ0n) is 14.5. The van der Waals surface area contributed by atoms with E-state index in [1.54, 1.807) is 0 Å². The summed E-state index contributed by atoms with van der Waals surface area (Å²) < 4.78 is 12.0. The monoisotopic (exact) mass is 320 g/mol. The van der Waals surface area contributed by atoms with E-state index in [1.807, 2.05) is 0 Å². The minimum Gasteiger partial charge on any atom is -0.461 e. The lowest BCUT2D eigenvalue weighted by Gasteiger charge is -1.98. The fourth-order valence-electron chi connectivity index (χ4n) is 3.38. The van der Waals surface area contributed by atoms with E-state index in [2.05, 4.69) is 50.2 Å². The second kappa shape index (κ2) is 6.35. The second-order valence-electron chi connectivity index (χ2n) is 6.76. The summed E-state index contributed by atoms with van der Waals surface area (Å²) in [5.41, 5.74) is 1.96. The molecule has 0 fully saturated rings. The van der Waals surface area contributed by atoms with Gasteiger partial charge in [0.2, 0.25) is 0 Å². The number of fused-ring (bicyclic) bond motifs is 3. The summed E-state index contributed by atoms with van der Waals surface area (Å²) in [6.07, 6.45) is 6.76. The molecule has 0 amide bonds. The average molecular weight is 320 g/mol. The maximum absolute atomic E-state index is 6.02. The number of aryl methyl sites for hydroxylation is 2. The number of hydrogen-bond acceptors (Lipinski definition) is 2. The molecule has 124 valence electrons. The van der Waals surface area contributed by atoms with E-state index in [9.17, 15) is 0 Å². The van der Waals surface area contributed by atoms with Gasteiger partial charge in [0.15, 0.2) is 0 Å². The zero-order valence-corrected chi connectivity index (χ0v) is 14.5. The van der Waals surface area contributed by atoms with Crippen molar-refractivity contribution in [2.75, 3.05) is 0 Å². The van der Waals surface area contributed by atoms with Crippen LogP contribution in [0.1, 0.15) is 51.1 Å². The molecule has 0 aliphatic carbocycles. The Morgan fingerprint density at radius 1 is 0.583 bits per heavy atom. The van der Waals surface area contributed by atoms with Crippen LogP contribution in [-0.4, -0.2) is 0 Å². The first-order valence-electron chi connectivity index (χ1n) is 9.15. The molecule has 0 bridgehead atoms. The molecule has 0 saturated heterocycles. The molecule has 24 heavy (non-hydrogen) atoms. The standard InChI is InChI=1S/C22H24O2/c1-3-5-7-19-11-17-9-15-10-18-12-20(8-6-4-2)24-22(18)14-16(15)13-21(17)23-19/h9-14H,3-8H2,1-2H3. The Hall–Kier alpha value is -2.22. The van der Waals surface area contributed by atoms with Gasteiger partial charge in [-0.05, 0) is 60.0 Å². The smallest absolute Gasteiger partial charge is 0.134 e. The molecule has 0 spiro atoms. The van der Waals surface area contributed by atoms with Gasteiger partial charge in [0.1, 0.15) is 22.7 Å². The van der Waals surface area contributed by atoms with Crippen molar-refractivity contribution < 1.29 is 8.83 Å². The van der Waals surface area contributed by atoms with Crippen molar-refractivity contribution >= 4 is 32.7 Å². The van der Waals surface area contributed by atoms with Crippen molar-refractivity contribution in [3.8, 4) is 0 Å². The average Bonchev–Trinajstić information content (AvgIpc) is 3.16. The first-order chi connectivity index (χ1) is 11.8.